The van der Waals surface area contributed by atoms with Gasteiger partial charge >= 0.3 is 5.97 Å². The van der Waals surface area contributed by atoms with Crippen LogP contribution in [0.1, 0.15) is 12.6 Å². The van der Waals surface area contributed by atoms with Crippen molar-refractivity contribution in [3.8, 4) is 11.5 Å². The fourth-order valence-electron chi connectivity index (χ4n) is 1.41. The van der Waals surface area contributed by atoms with Gasteiger partial charge in [-0.1, -0.05) is 17.7 Å². The van der Waals surface area contributed by atoms with Crippen LogP contribution >= 0.6 is 11.6 Å². The molecule has 0 aliphatic carbocycles. The van der Waals surface area contributed by atoms with Crippen molar-refractivity contribution >= 4 is 17.6 Å². The van der Waals surface area contributed by atoms with Crippen molar-refractivity contribution in [3.05, 3.63) is 41.2 Å². The van der Waals surface area contributed by atoms with Crippen molar-refractivity contribution in [1.29, 1.82) is 0 Å². The van der Waals surface area contributed by atoms with E-state index >= 15 is 0 Å². The number of carbonyl (C=O) groups is 1. The molecule has 2 aromatic rings. The SMILES string of the molecule is C[C@@H](OCc1coc(-c2cccc(Cl)c2)n1)C(=O)O. The lowest BCUT2D eigenvalue weighted by Crippen LogP contribution is -2.19. The van der Waals surface area contributed by atoms with E-state index in [9.17, 15) is 4.79 Å². The summed E-state index contributed by atoms with van der Waals surface area (Å²) in [6.45, 7) is 1.54. The molecule has 100 valence electrons. The minimum Gasteiger partial charge on any atom is -0.479 e. The van der Waals surface area contributed by atoms with Gasteiger partial charge in [0.25, 0.3) is 0 Å². The third-order valence-corrected chi connectivity index (χ3v) is 2.69. The average molecular weight is 282 g/mol. The Labute approximate surface area is 114 Å². The minimum absolute atomic E-state index is 0.0809. The van der Waals surface area contributed by atoms with Crippen LogP contribution in [0.4, 0.5) is 0 Å². The maximum absolute atomic E-state index is 10.6. The first-order valence-electron chi connectivity index (χ1n) is 5.61. The number of halogens is 1. The Kier molecular flexibility index (Phi) is 4.19. The number of carboxylic acid groups (broad SMARTS) is 1. The molecule has 5 nitrogen and oxygen atoms in total. The highest BCUT2D eigenvalue weighted by Crippen LogP contribution is 2.22. The quantitative estimate of drug-likeness (QED) is 0.912. The van der Waals surface area contributed by atoms with Gasteiger partial charge in [0.2, 0.25) is 5.89 Å². The van der Waals surface area contributed by atoms with Crippen LogP contribution in [0.2, 0.25) is 5.02 Å². The summed E-state index contributed by atoms with van der Waals surface area (Å²) in [4.78, 5) is 14.8. The molecule has 0 radical (unpaired) electrons. The van der Waals surface area contributed by atoms with Crippen molar-refractivity contribution in [2.75, 3.05) is 0 Å². The molecule has 0 saturated carbocycles. The Hall–Kier alpha value is -1.85. The number of oxazole rings is 1. The molecule has 1 heterocycles. The van der Waals surface area contributed by atoms with E-state index in [1.165, 1.54) is 13.2 Å². The smallest absolute Gasteiger partial charge is 0.332 e. The second-order valence-corrected chi connectivity index (χ2v) is 4.38. The van der Waals surface area contributed by atoms with Gasteiger partial charge in [0.05, 0.1) is 6.61 Å². The summed E-state index contributed by atoms with van der Waals surface area (Å²) in [5.74, 6) is -0.595. The number of benzene rings is 1. The largest absolute Gasteiger partial charge is 0.479 e. The monoisotopic (exact) mass is 281 g/mol. The Bertz CT molecular complexity index is 582. The molecule has 19 heavy (non-hydrogen) atoms. The van der Waals surface area contributed by atoms with Gasteiger partial charge in [-0.05, 0) is 25.1 Å². The lowest BCUT2D eigenvalue weighted by molar-refractivity contribution is -0.149. The molecule has 1 N–H and O–H groups in total. The Morgan fingerprint density at radius 3 is 3.05 bits per heavy atom. The number of hydrogen-bond donors (Lipinski definition) is 1. The summed E-state index contributed by atoms with van der Waals surface area (Å²) in [7, 11) is 0. The van der Waals surface area contributed by atoms with E-state index < -0.39 is 12.1 Å². The second kappa shape index (κ2) is 5.86. The van der Waals surface area contributed by atoms with Gasteiger partial charge in [-0.15, -0.1) is 0 Å². The topological polar surface area (TPSA) is 72.6 Å². The second-order valence-electron chi connectivity index (χ2n) is 3.95. The number of hydrogen-bond acceptors (Lipinski definition) is 4. The molecule has 0 saturated heterocycles. The molecule has 0 fully saturated rings. The Balaban J connectivity index is 2.05. The first-order valence-corrected chi connectivity index (χ1v) is 5.99. The van der Waals surface area contributed by atoms with Crippen LogP contribution in [0.5, 0.6) is 0 Å². The third-order valence-electron chi connectivity index (χ3n) is 2.45. The Morgan fingerprint density at radius 2 is 2.37 bits per heavy atom. The predicted molar refractivity (Wildman–Crippen MR) is 68.8 cm³/mol. The maximum atomic E-state index is 10.6. The molecule has 6 heteroatoms. The Morgan fingerprint density at radius 1 is 1.58 bits per heavy atom. The van der Waals surface area contributed by atoms with Crippen LogP contribution in [-0.2, 0) is 16.1 Å². The zero-order chi connectivity index (χ0) is 13.8. The third kappa shape index (κ3) is 3.56. The molecular weight excluding hydrogens is 270 g/mol. The molecule has 0 unspecified atom stereocenters. The fourth-order valence-corrected chi connectivity index (χ4v) is 1.60. The van der Waals surface area contributed by atoms with Crippen LogP contribution in [0.15, 0.2) is 34.9 Å². The van der Waals surface area contributed by atoms with Crippen LogP contribution < -0.4 is 0 Å². The molecular formula is C13H12ClNO4. The van der Waals surface area contributed by atoms with E-state index in [1.54, 1.807) is 18.2 Å². The van der Waals surface area contributed by atoms with Crippen molar-refractivity contribution < 1.29 is 19.1 Å². The molecule has 0 aliphatic rings. The molecule has 1 aromatic heterocycles. The van der Waals surface area contributed by atoms with Crippen molar-refractivity contribution in [2.45, 2.75) is 19.6 Å². The number of rotatable bonds is 5. The lowest BCUT2D eigenvalue weighted by Gasteiger charge is -2.05. The maximum Gasteiger partial charge on any atom is 0.332 e. The van der Waals surface area contributed by atoms with Crippen LogP contribution in [0, 0.1) is 0 Å². The van der Waals surface area contributed by atoms with Gasteiger partial charge in [0.15, 0.2) is 6.10 Å². The van der Waals surface area contributed by atoms with Gasteiger partial charge < -0.3 is 14.3 Å². The number of nitrogens with zero attached hydrogens (tertiary/aromatic N) is 1. The van der Waals surface area contributed by atoms with Crippen LogP contribution in [-0.4, -0.2) is 22.2 Å². The number of carboxylic acids is 1. The summed E-state index contributed by atoms with van der Waals surface area (Å²) in [5.41, 5.74) is 1.29. The standard InChI is InChI=1S/C13H12ClNO4/c1-8(13(16)17)18-6-11-7-19-12(15-11)9-3-2-4-10(14)5-9/h2-5,7-8H,6H2,1H3,(H,16,17)/t8-/m1/s1. The molecule has 0 aliphatic heterocycles. The molecule has 1 atom stereocenters. The normalized spacial score (nSPS) is 12.3. The van der Waals surface area contributed by atoms with Crippen molar-refractivity contribution in [3.63, 3.8) is 0 Å². The zero-order valence-corrected chi connectivity index (χ0v) is 10.9. The summed E-state index contributed by atoms with van der Waals surface area (Å²) < 4.78 is 10.4. The van der Waals surface area contributed by atoms with Crippen molar-refractivity contribution in [1.82, 2.24) is 4.98 Å². The minimum atomic E-state index is -1.02. The van der Waals surface area contributed by atoms with Crippen LogP contribution in [0.25, 0.3) is 11.5 Å². The molecule has 0 amide bonds. The summed E-state index contributed by atoms with van der Waals surface area (Å²) in [6.07, 6.45) is 0.552. The van der Waals surface area contributed by atoms with E-state index in [0.717, 1.165) is 5.56 Å². The first-order chi connectivity index (χ1) is 9.06. The summed E-state index contributed by atoms with van der Waals surface area (Å²) in [5, 5.41) is 9.28. The summed E-state index contributed by atoms with van der Waals surface area (Å²) >= 11 is 5.88. The van der Waals surface area contributed by atoms with Gasteiger partial charge in [-0.3, -0.25) is 0 Å². The molecule has 0 bridgehead atoms. The van der Waals surface area contributed by atoms with Gasteiger partial charge in [-0.2, -0.15) is 0 Å². The molecule has 1 aromatic carbocycles. The highest BCUT2D eigenvalue weighted by molar-refractivity contribution is 6.30. The van der Waals surface area contributed by atoms with Gasteiger partial charge in [-0.25, -0.2) is 9.78 Å². The molecule has 2 rings (SSSR count). The highest BCUT2D eigenvalue weighted by Gasteiger charge is 2.13. The van der Waals surface area contributed by atoms with E-state index in [4.69, 9.17) is 25.9 Å². The van der Waals surface area contributed by atoms with E-state index in [-0.39, 0.29) is 6.61 Å². The average Bonchev–Trinajstić information content (AvgIpc) is 2.84. The number of ether oxygens (including phenoxy) is 1. The van der Waals surface area contributed by atoms with Crippen molar-refractivity contribution in [2.24, 2.45) is 0 Å². The predicted octanol–water partition coefficient (Wildman–Crippen LogP) is 2.98. The number of aromatic nitrogens is 1. The van der Waals surface area contributed by atoms with Crippen LogP contribution in [0.3, 0.4) is 0 Å². The van der Waals surface area contributed by atoms with Gasteiger partial charge in [0, 0.05) is 10.6 Å². The number of aliphatic carboxylic acids is 1. The summed E-state index contributed by atoms with van der Waals surface area (Å²) in [6, 6.07) is 7.11. The van der Waals surface area contributed by atoms with E-state index in [0.29, 0.717) is 16.6 Å². The lowest BCUT2D eigenvalue weighted by atomic mass is 10.2. The van der Waals surface area contributed by atoms with E-state index in [2.05, 4.69) is 4.98 Å². The van der Waals surface area contributed by atoms with Gasteiger partial charge in [0.1, 0.15) is 12.0 Å². The first kappa shape index (κ1) is 13.6. The fraction of sp³-hybridized carbons (Fsp3) is 0.231. The highest BCUT2D eigenvalue weighted by atomic mass is 35.5. The van der Waals surface area contributed by atoms with E-state index in [1.807, 2.05) is 6.07 Å². The zero-order valence-electron chi connectivity index (χ0n) is 10.2. The molecule has 0 spiro atoms.